The van der Waals surface area contributed by atoms with Crippen molar-refractivity contribution in [2.24, 2.45) is 10.2 Å². The van der Waals surface area contributed by atoms with Gasteiger partial charge in [0.25, 0.3) is 0 Å². The monoisotopic (exact) mass is 328 g/mol. The van der Waals surface area contributed by atoms with Crippen LogP contribution in [-0.4, -0.2) is 12.2 Å². The summed E-state index contributed by atoms with van der Waals surface area (Å²) in [6, 6.07) is 4.99. The Morgan fingerprint density at radius 2 is 1.73 bits per heavy atom. The molecule has 0 N–H and O–H groups in total. The number of hydrogen-bond acceptors (Lipinski definition) is 2. The fraction of sp³-hybridized carbons (Fsp3) is 0.333. The van der Waals surface area contributed by atoms with E-state index in [9.17, 15) is 13.2 Å². The van der Waals surface area contributed by atoms with Gasteiger partial charge >= 0.3 is 6.18 Å². The van der Waals surface area contributed by atoms with Gasteiger partial charge in [-0.15, -0.1) is 0 Å². The minimum Gasteiger partial charge on any atom is -0.176 e. The van der Waals surface area contributed by atoms with Gasteiger partial charge in [0.1, 0.15) is 0 Å². The Morgan fingerprint density at radius 3 is 2.20 bits per heavy atom. The molecule has 0 bridgehead atoms. The van der Waals surface area contributed by atoms with E-state index in [0.29, 0.717) is 5.69 Å². The van der Waals surface area contributed by atoms with E-state index >= 15 is 0 Å². The summed E-state index contributed by atoms with van der Waals surface area (Å²) in [5, 5.41) is 6.71. The van der Waals surface area contributed by atoms with Crippen molar-refractivity contribution in [2.75, 3.05) is 0 Å². The van der Waals surface area contributed by atoms with Gasteiger partial charge in [0.15, 0.2) is 6.04 Å². The lowest BCUT2D eigenvalue weighted by molar-refractivity contribution is -0.143. The quantitative estimate of drug-likeness (QED) is 0.570. The second-order valence-electron chi connectivity index (χ2n) is 2.91. The number of hydrogen-bond donors (Lipinski definition) is 0. The Hall–Kier alpha value is -0.660. The van der Waals surface area contributed by atoms with Crippen LogP contribution in [0.5, 0.6) is 0 Å². The van der Waals surface area contributed by atoms with E-state index in [1.807, 2.05) is 0 Å². The lowest BCUT2D eigenvalue weighted by Crippen LogP contribution is -2.22. The summed E-state index contributed by atoms with van der Waals surface area (Å²) in [6.07, 6.45) is -4.33. The van der Waals surface area contributed by atoms with Crippen LogP contribution in [0.3, 0.4) is 0 Å². The number of azo groups is 1. The molecule has 82 valence electrons. The second kappa shape index (κ2) is 4.91. The molecule has 0 radical (unpaired) electrons. The molecule has 0 aliphatic carbocycles. The summed E-state index contributed by atoms with van der Waals surface area (Å²) in [6.45, 7) is 0.968. The minimum absolute atomic E-state index is 0.423. The van der Waals surface area contributed by atoms with E-state index in [-0.39, 0.29) is 0 Å². The van der Waals surface area contributed by atoms with Crippen molar-refractivity contribution in [2.45, 2.75) is 19.1 Å². The first-order valence-corrected chi connectivity index (χ1v) is 5.20. The second-order valence-corrected chi connectivity index (χ2v) is 4.16. The molecule has 0 saturated carbocycles. The highest BCUT2D eigenvalue weighted by molar-refractivity contribution is 14.1. The van der Waals surface area contributed by atoms with Crippen molar-refractivity contribution in [3.05, 3.63) is 27.8 Å². The Kier molecular flexibility index (Phi) is 4.06. The SMILES string of the molecule is CC(N=Nc1ccc(I)cc1)C(F)(F)F. The summed E-state index contributed by atoms with van der Waals surface area (Å²) < 4.78 is 37.2. The molecule has 0 amide bonds. The van der Waals surface area contributed by atoms with Crippen LogP contribution < -0.4 is 0 Å². The molecule has 15 heavy (non-hydrogen) atoms. The first-order chi connectivity index (χ1) is 6.89. The number of nitrogens with zero attached hydrogens (tertiary/aromatic N) is 2. The Bertz CT molecular complexity index is 345. The average molecular weight is 328 g/mol. The number of alkyl halides is 3. The van der Waals surface area contributed by atoms with Crippen molar-refractivity contribution in [3.8, 4) is 0 Å². The van der Waals surface area contributed by atoms with Crippen LogP contribution >= 0.6 is 22.6 Å². The van der Waals surface area contributed by atoms with Gasteiger partial charge in [-0.2, -0.15) is 23.4 Å². The predicted molar refractivity (Wildman–Crippen MR) is 59.2 cm³/mol. The molecule has 0 spiro atoms. The molecule has 1 rings (SSSR count). The summed E-state index contributed by atoms with van der Waals surface area (Å²) in [5.41, 5.74) is 0.423. The van der Waals surface area contributed by atoms with Gasteiger partial charge in [-0.3, -0.25) is 0 Å². The van der Waals surface area contributed by atoms with Crippen molar-refractivity contribution >= 4 is 28.3 Å². The molecular weight excluding hydrogens is 320 g/mol. The van der Waals surface area contributed by atoms with Crippen LogP contribution in [0.4, 0.5) is 18.9 Å². The van der Waals surface area contributed by atoms with Gasteiger partial charge in [-0.05, 0) is 53.8 Å². The molecule has 6 heteroatoms. The van der Waals surface area contributed by atoms with E-state index < -0.39 is 12.2 Å². The van der Waals surface area contributed by atoms with Gasteiger partial charge in [0.2, 0.25) is 0 Å². The lowest BCUT2D eigenvalue weighted by Gasteiger charge is -2.08. The average Bonchev–Trinajstić information content (AvgIpc) is 2.15. The van der Waals surface area contributed by atoms with Crippen molar-refractivity contribution in [1.29, 1.82) is 0 Å². The van der Waals surface area contributed by atoms with E-state index in [2.05, 4.69) is 32.8 Å². The summed E-state index contributed by atoms with van der Waals surface area (Å²) in [7, 11) is 0. The molecule has 1 aromatic carbocycles. The third kappa shape index (κ3) is 4.15. The maximum atomic E-state index is 12.1. The minimum atomic E-state index is -4.33. The number of benzene rings is 1. The fourth-order valence-electron chi connectivity index (χ4n) is 0.726. The zero-order valence-corrected chi connectivity index (χ0v) is 9.95. The maximum absolute atomic E-state index is 12.1. The van der Waals surface area contributed by atoms with Crippen molar-refractivity contribution < 1.29 is 13.2 Å². The van der Waals surface area contributed by atoms with Crippen LogP contribution in [0.15, 0.2) is 34.5 Å². The van der Waals surface area contributed by atoms with Crippen LogP contribution in [-0.2, 0) is 0 Å². The molecule has 0 aromatic heterocycles. The van der Waals surface area contributed by atoms with E-state index in [4.69, 9.17) is 0 Å². The number of halogens is 4. The fourth-order valence-corrected chi connectivity index (χ4v) is 1.09. The topological polar surface area (TPSA) is 24.7 Å². The molecule has 2 nitrogen and oxygen atoms in total. The smallest absolute Gasteiger partial charge is 0.176 e. The first-order valence-electron chi connectivity index (χ1n) is 4.13. The van der Waals surface area contributed by atoms with Gasteiger partial charge in [-0.1, -0.05) is 0 Å². The largest absolute Gasteiger partial charge is 0.412 e. The normalized spacial score (nSPS) is 14.5. The third-order valence-corrected chi connectivity index (χ3v) is 2.37. The van der Waals surface area contributed by atoms with Crippen molar-refractivity contribution in [1.82, 2.24) is 0 Å². The Balaban J connectivity index is 2.70. The van der Waals surface area contributed by atoms with Crippen molar-refractivity contribution in [3.63, 3.8) is 0 Å². The molecule has 0 saturated heterocycles. The molecule has 1 aromatic rings. The molecule has 0 fully saturated rings. The molecule has 1 unspecified atom stereocenters. The molecule has 1 atom stereocenters. The van der Waals surface area contributed by atoms with Gasteiger partial charge in [-0.25, -0.2) is 0 Å². The highest BCUT2D eigenvalue weighted by Gasteiger charge is 2.36. The van der Waals surface area contributed by atoms with Gasteiger partial charge in [0.05, 0.1) is 5.69 Å². The molecule has 0 aliphatic rings. The summed E-state index contributed by atoms with van der Waals surface area (Å²) in [5.74, 6) is 0. The Labute approximate surface area is 98.7 Å². The van der Waals surface area contributed by atoms with Crippen LogP contribution in [0, 0.1) is 3.57 Å². The lowest BCUT2D eigenvalue weighted by atomic mass is 10.3. The van der Waals surface area contributed by atoms with Gasteiger partial charge < -0.3 is 0 Å². The summed E-state index contributed by atoms with van der Waals surface area (Å²) >= 11 is 2.10. The van der Waals surface area contributed by atoms with Gasteiger partial charge in [0, 0.05) is 3.57 Å². The zero-order chi connectivity index (χ0) is 11.5. The highest BCUT2D eigenvalue weighted by Crippen LogP contribution is 2.24. The van der Waals surface area contributed by atoms with E-state index in [0.717, 1.165) is 10.5 Å². The summed E-state index contributed by atoms with van der Waals surface area (Å²) in [4.78, 5) is 0. The zero-order valence-electron chi connectivity index (χ0n) is 7.79. The molecule has 0 aliphatic heterocycles. The van der Waals surface area contributed by atoms with Crippen LogP contribution in [0.1, 0.15) is 6.92 Å². The Morgan fingerprint density at radius 1 is 1.20 bits per heavy atom. The predicted octanol–water partition coefficient (Wildman–Crippen LogP) is 4.33. The highest BCUT2D eigenvalue weighted by atomic mass is 127. The number of rotatable bonds is 2. The maximum Gasteiger partial charge on any atom is 0.412 e. The molecular formula is C9H8F3IN2. The van der Waals surface area contributed by atoms with Crippen LogP contribution in [0.2, 0.25) is 0 Å². The third-order valence-electron chi connectivity index (χ3n) is 1.65. The van der Waals surface area contributed by atoms with E-state index in [1.54, 1.807) is 24.3 Å². The standard InChI is InChI=1S/C9H8F3IN2/c1-6(9(10,11)12)14-15-8-4-2-7(13)3-5-8/h2-6H,1H3. The first kappa shape index (κ1) is 12.4. The van der Waals surface area contributed by atoms with E-state index in [1.165, 1.54) is 0 Å². The van der Waals surface area contributed by atoms with Crippen LogP contribution in [0.25, 0.3) is 0 Å². The molecule has 0 heterocycles.